The Kier molecular flexibility index (Phi) is 4.81. The summed E-state index contributed by atoms with van der Waals surface area (Å²) in [5.74, 6) is 0.220. The number of nitrogens with zero attached hydrogens (tertiary/aromatic N) is 1. The van der Waals surface area contributed by atoms with Gasteiger partial charge >= 0.3 is 5.97 Å². The molecule has 0 bridgehead atoms. The molecule has 0 saturated carbocycles. The van der Waals surface area contributed by atoms with Crippen LogP contribution in [0.4, 0.5) is 5.69 Å². The number of carbonyl (C=O) groups excluding carboxylic acids is 1. The van der Waals surface area contributed by atoms with Crippen LogP contribution in [0.15, 0.2) is 35.1 Å². The molecule has 0 saturated heterocycles. The van der Waals surface area contributed by atoms with Crippen molar-refractivity contribution in [3.8, 4) is 5.88 Å². The monoisotopic (exact) mass is 290 g/mol. The van der Waals surface area contributed by atoms with E-state index in [4.69, 9.17) is 9.15 Å². The third-order valence-corrected chi connectivity index (χ3v) is 2.71. The number of methoxy groups -OCH3 is 1. The van der Waals surface area contributed by atoms with Crippen molar-refractivity contribution in [1.29, 1.82) is 0 Å². The van der Waals surface area contributed by atoms with Crippen LogP contribution < -0.4 is 10.1 Å². The Morgan fingerprint density at radius 2 is 2.24 bits per heavy atom. The van der Waals surface area contributed by atoms with E-state index in [0.29, 0.717) is 18.0 Å². The molecule has 0 unspecified atom stereocenters. The fraction of sp³-hybridized carbons (Fsp3) is 0.333. The molecular weight excluding hydrogens is 272 g/mol. The maximum Gasteiger partial charge on any atom is 0.374 e. The number of hydrogen-bond donors (Lipinski definition) is 1. The van der Waals surface area contributed by atoms with Crippen LogP contribution in [0, 0.1) is 0 Å². The molecule has 2 aromatic rings. The van der Waals surface area contributed by atoms with Crippen molar-refractivity contribution in [2.24, 2.45) is 0 Å². The molecule has 0 aliphatic rings. The van der Waals surface area contributed by atoms with Crippen molar-refractivity contribution in [2.75, 3.05) is 12.4 Å². The summed E-state index contributed by atoms with van der Waals surface area (Å²) in [4.78, 5) is 15.7. The van der Waals surface area contributed by atoms with Crippen LogP contribution in [0.3, 0.4) is 0 Å². The molecule has 0 aromatic carbocycles. The minimum absolute atomic E-state index is 0.0278. The zero-order valence-electron chi connectivity index (χ0n) is 12.3. The minimum atomic E-state index is -0.498. The van der Waals surface area contributed by atoms with E-state index in [0.717, 1.165) is 5.69 Å². The fourth-order valence-electron chi connectivity index (χ4n) is 1.78. The lowest BCUT2D eigenvalue weighted by Gasteiger charge is -2.13. The van der Waals surface area contributed by atoms with Crippen LogP contribution in [0.1, 0.15) is 30.0 Å². The number of ether oxygens (including phenoxy) is 2. The zero-order valence-corrected chi connectivity index (χ0v) is 12.3. The highest BCUT2D eigenvalue weighted by Crippen LogP contribution is 2.23. The van der Waals surface area contributed by atoms with Crippen molar-refractivity contribution in [3.63, 3.8) is 0 Å². The fourth-order valence-corrected chi connectivity index (χ4v) is 1.78. The van der Waals surface area contributed by atoms with Gasteiger partial charge in [0.05, 0.1) is 25.2 Å². The normalized spacial score (nSPS) is 10.5. The first kappa shape index (κ1) is 14.9. The van der Waals surface area contributed by atoms with Crippen molar-refractivity contribution >= 4 is 11.7 Å². The van der Waals surface area contributed by atoms with Crippen LogP contribution in [0.5, 0.6) is 5.88 Å². The quantitative estimate of drug-likeness (QED) is 0.825. The van der Waals surface area contributed by atoms with E-state index in [1.807, 2.05) is 26.0 Å². The summed E-state index contributed by atoms with van der Waals surface area (Å²) in [5, 5.41) is 3.19. The summed E-state index contributed by atoms with van der Waals surface area (Å²) >= 11 is 0. The average Bonchev–Trinajstić information content (AvgIpc) is 2.93. The summed E-state index contributed by atoms with van der Waals surface area (Å²) in [5.41, 5.74) is 1.46. The number of anilines is 1. The number of esters is 1. The van der Waals surface area contributed by atoms with Crippen LogP contribution in [0.2, 0.25) is 0 Å². The zero-order chi connectivity index (χ0) is 15.2. The molecule has 0 fully saturated rings. The van der Waals surface area contributed by atoms with Gasteiger partial charge in [-0.05, 0) is 32.0 Å². The van der Waals surface area contributed by atoms with Crippen LogP contribution >= 0.6 is 0 Å². The molecule has 0 aliphatic heterocycles. The topological polar surface area (TPSA) is 73.6 Å². The number of nitrogens with one attached hydrogen (secondary N) is 1. The number of furan rings is 1. The smallest absolute Gasteiger partial charge is 0.374 e. The van der Waals surface area contributed by atoms with Gasteiger partial charge in [0.15, 0.2) is 0 Å². The predicted octanol–water partition coefficient (Wildman–Crippen LogP) is 2.86. The first-order chi connectivity index (χ1) is 10.1. The molecule has 6 nitrogen and oxygen atoms in total. The highest BCUT2D eigenvalue weighted by Gasteiger charge is 2.16. The van der Waals surface area contributed by atoms with Gasteiger partial charge in [0.2, 0.25) is 11.6 Å². The highest BCUT2D eigenvalue weighted by atomic mass is 16.5. The average molecular weight is 290 g/mol. The van der Waals surface area contributed by atoms with E-state index in [2.05, 4.69) is 15.0 Å². The molecular formula is C15H18N2O4. The second kappa shape index (κ2) is 6.78. The number of pyridine rings is 1. The Bertz CT molecular complexity index is 607. The second-order valence-electron chi connectivity index (χ2n) is 4.64. The molecule has 21 heavy (non-hydrogen) atoms. The molecule has 0 atom stereocenters. The Morgan fingerprint density at radius 1 is 1.43 bits per heavy atom. The van der Waals surface area contributed by atoms with Crippen molar-refractivity contribution < 1.29 is 18.7 Å². The van der Waals surface area contributed by atoms with E-state index >= 15 is 0 Å². The predicted molar refractivity (Wildman–Crippen MR) is 77.4 cm³/mol. The molecule has 2 rings (SSSR count). The Balaban J connectivity index is 2.10. The summed E-state index contributed by atoms with van der Waals surface area (Å²) < 4.78 is 15.4. The summed E-state index contributed by atoms with van der Waals surface area (Å²) in [6.45, 7) is 4.27. The molecule has 0 spiro atoms. The van der Waals surface area contributed by atoms with Gasteiger partial charge in [0.1, 0.15) is 0 Å². The lowest BCUT2D eigenvalue weighted by atomic mass is 10.2. The highest BCUT2D eigenvalue weighted by molar-refractivity contribution is 5.87. The Hall–Kier alpha value is -2.50. The number of hydrogen-bond acceptors (Lipinski definition) is 6. The van der Waals surface area contributed by atoms with E-state index in [-0.39, 0.29) is 11.9 Å². The minimum Gasteiger partial charge on any atom is -0.473 e. The summed E-state index contributed by atoms with van der Waals surface area (Å²) in [7, 11) is 1.32. The first-order valence-corrected chi connectivity index (χ1v) is 6.62. The Morgan fingerprint density at radius 3 is 2.95 bits per heavy atom. The standard InChI is InChI=1S/C15H18N2O4/c1-10(2)21-14-12(5-4-7-16-14)17-9-11-6-8-20-13(11)15(18)19-3/h4-8,10,17H,9H2,1-3H3. The molecule has 0 amide bonds. The van der Waals surface area contributed by atoms with Crippen molar-refractivity contribution in [3.05, 3.63) is 42.0 Å². The van der Waals surface area contributed by atoms with Gasteiger partial charge < -0.3 is 19.2 Å². The molecule has 0 aliphatic carbocycles. The van der Waals surface area contributed by atoms with E-state index in [1.165, 1.54) is 13.4 Å². The maximum absolute atomic E-state index is 11.5. The van der Waals surface area contributed by atoms with Crippen LogP contribution in [-0.4, -0.2) is 24.2 Å². The lowest BCUT2D eigenvalue weighted by Crippen LogP contribution is -2.11. The molecule has 2 aromatic heterocycles. The Labute approximate surface area is 123 Å². The van der Waals surface area contributed by atoms with Gasteiger partial charge in [-0.3, -0.25) is 0 Å². The molecule has 112 valence electrons. The lowest BCUT2D eigenvalue weighted by molar-refractivity contribution is 0.0563. The van der Waals surface area contributed by atoms with Crippen LogP contribution in [0.25, 0.3) is 0 Å². The molecule has 1 N–H and O–H groups in total. The van der Waals surface area contributed by atoms with Gasteiger partial charge in [0.25, 0.3) is 0 Å². The number of rotatable bonds is 6. The van der Waals surface area contributed by atoms with E-state index < -0.39 is 5.97 Å². The SMILES string of the molecule is COC(=O)c1occc1CNc1cccnc1OC(C)C. The van der Waals surface area contributed by atoms with Gasteiger partial charge in [-0.25, -0.2) is 9.78 Å². The molecule has 6 heteroatoms. The van der Waals surface area contributed by atoms with E-state index in [1.54, 1.807) is 12.3 Å². The summed E-state index contributed by atoms with van der Waals surface area (Å²) in [6, 6.07) is 5.40. The van der Waals surface area contributed by atoms with Gasteiger partial charge in [-0.15, -0.1) is 0 Å². The summed E-state index contributed by atoms with van der Waals surface area (Å²) in [6.07, 6.45) is 3.15. The van der Waals surface area contributed by atoms with Crippen LogP contribution in [-0.2, 0) is 11.3 Å². The van der Waals surface area contributed by atoms with E-state index in [9.17, 15) is 4.79 Å². The molecule has 2 heterocycles. The number of aromatic nitrogens is 1. The van der Waals surface area contributed by atoms with Gasteiger partial charge in [0, 0.05) is 18.3 Å². The van der Waals surface area contributed by atoms with Crippen molar-refractivity contribution in [1.82, 2.24) is 4.98 Å². The first-order valence-electron chi connectivity index (χ1n) is 6.62. The second-order valence-corrected chi connectivity index (χ2v) is 4.64. The largest absolute Gasteiger partial charge is 0.473 e. The van der Waals surface area contributed by atoms with Gasteiger partial charge in [-0.1, -0.05) is 0 Å². The van der Waals surface area contributed by atoms with Crippen molar-refractivity contribution in [2.45, 2.75) is 26.5 Å². The third-order valence-electron chi connectivity index (χ3n) is 2.71. The molecule has 0 radical (unpaired) electrons. The number of carbonyl (C=O) groups is 1. The maximum atomic E-state index is 11.5. The third kappa shape index (κ3) is 3.75. The van der Waals surface area contributed by atoms with Gasteiger partial charge in [-0.2, -0.15) is 0 Å².